The van der Waals surface area contributed by atoms with Gasteiger partial charge in [0, 0.05) is 30.6 Å². The minimum absolute atomic E-state index is 0.0441. The lowest BCUT2D eigenvalue weighted by Gasteiger charge is -2.38. The number of anilines is 1. The second-order valence-electron chi connectivity index (χ2n) is 7.21. The zero-order valence-electron chi connectivity index (χ0n) is 15.4. The average Bonchev–Trinajstić information content (AvgIpc) is 2.93. The van der Waals surface area contributed by atoms with Gasteiger partial charge in [0.15, 0.2) is 5.82 Å². The number of rotatable bonds is 4. The molecule has 1 aliphatic rings. The minimum Gasteiger partial charge on any atom is -0.489 e. The molecule has 1 saturated heterocycles. The van der Waals surface area contributed by atoms with Crippen molar-refractivity contribution in [1.29, 1.82) is 0 Å². The third kappa shape index (κ3) is 3.09. The number of aryl methyl sites for hydroxylation is 1. The van der Waals surface area contributed by atoms with Crippen molar-refractivity contribution in [2.45, 2.75) is 33.8 Å². The second kappa shape index (κ2) is 6.43. The fourth-order valence-corrected chi connectivity index (χ4v) is 3.46. The maximum atomic E-state index is 6.34. The quantitative estimate of drug-likeness (QED) is 0.693. The van der Waals surface area contributed by atoms with Crippen molar-refractivity contribution >= 4 is 28.3 Å². The van der Waals surface area contributed by atoms with E-state index in [0.717, 1.165) is 41.5 Å². The second-order valence-corrected chi connectivity index (χ2v) is 7.61. The molecule has 26 heavy (non-hydrogen) atoms. The highest BCUT2D eigenvalue weighted by atomic mass is 35.5. The van der Waals surface area contributed by atoms with E-state index in [4.69, 9.17) is 16.3 Å². The molecule has 1 aromatic carbocycles. The fraction of sp³-hybridized carbons (Fsp3) is 0.421. The molecule has 0 N–H and O–H groups in total. The van der Waals surface area contributed by atoms with Gasteiger partial charge >= 0.3 is 0 Å². The number of ether oxygens (including phenoxy) is 1. The summed E-state index contributed by atoms with van der Waals surface area (Å²) in [7, 11) is 0. The summed E-state index contributed by atoms with van der Waals surface area (Å²) in [5.74, 6) is 3.78. The summed E-state index contributed by atoms with van der Waals surface area (Å²) in [5, 5.41) is 6.05. The molecule has 3 heterocycles. The molecule has 136 valence electrons. The van der Waals surface area contributed by atoms with Crippen LogP contribution in [0, 0.1) is 12.8 Å². The zero-order valence-corrected chi connectivity index (χ0v) is 16.2. The summed E-state index contributed by atoms with van der Waals surface area (Å²) in [5.41, 5.74) is 0.908. The van der Waals surface area contributed by atoms with Crippen molar-refractivity contribution < 1.29 is 4.74 Å². The zero-order chi connectivity index (χ0) is 18.4. The van der Waals surface area contributed by atoms with E-state index in [1.54, 1.807) is 6.20 Å². The molecule has 0 aliphatic carbocycles. The fourth-order valence-electron chi connectivity index (χ4n) is 3.25. The topological polar surface area (TPSA) is 56.1 Å². The molecule has 4 rings (SSSR count). The predicted molar refractivity (Wildman–Crippen MR) is 104 cm³/mol. The maximum absolute atomic E-state index is 6.34. The SMILES string of the molecule is Cc1nc(N2CC(C)C2)cc(-n2ncc3cc(Cl)c(OC(C)C)cc32)n1. The van der Waals surface area contributed by atoms with Crippen molar-refractivity contribution in [3.63, 3.8) is 0 Å². The van der Waals surface area contributed by atoms with E-state index in [1.165, 1.54) is 0 Å². The van der Waals surface area contributed by atoms with Crippen molar-refractivity contribution in [2.75, 3.05) is 18.0 Å². The highest BCUT2D eigenvalue weighted by Gasteiger charge is 2.24. The number of hydrogen-bond donors (Lipinski definition) is 0. The van der Waals surface area contributed by atoms with E-state index < -0.39 is 0 Å². The Bertz CT molecular complexity index is 962. The van der Waals surface area contributed by atoms with Crippen LogP contribution in [0.5, 0.6) is 5.75 Å². The van der Waals surface area contributed by atoms with Crippen molar-refractivity contribution in [3.05, 3.63) is 35.2 Å². The Labute approximate surface area is 157 Å². The summed E-state index contributed by atoms with van der Waals surface area (Å²) >= 11 is 6.34. The van der Waals surface area contributed by atoms with E-state index in [0.29, 0.717) is 16.7 Å². The van der Waals surface area contributed by atoms with E-state index >= 15 is 0 Å². The van der Waals surface area contributed by atoms with Crippen LogP contribution in [0.2, 0.25) is 5.02 Å². The van der Waals surface area contributed by atoms with Gasteiger partial charge in [-0.15, -0.1) is 0 Å². The van der Waals surface area contributed by atoms with Crippen LogP contribution in [-0.2, 0) is 0 Å². The molecule has 7 heteroatoms. The van der Waals surface area contributed by atoms with E-state index in [9.17, 15) is 0 Å². The van der Waals surface area contributed by atoms with Gasteiger partial charge in [0.05, 0.1) is 22.8 Å². The molecule has 0 bridgehead atoms. The van der Waals surface area contributed by atoms with Gasteiger partial charge < -0.3 is 9.64 Å². The molecule has 0 radical (unpaired) electrons. The van der Waals surface area contributed by atoms with Crippen LogP contribution >= 0.6 is 11.6 Å². The number of fused-ring (bicyclic) bond motifs is 1. The first kappa shape index (κ1) is 17.1. The maximum Gasteiger partial charge on any atom is 0.159 e. The van der Waals surface area contributed by atoms with E-state index in [1.807, 2.05) is 43.7 Å². The minimum atomic E-state index is 0.0441. The van der Waals surface area contributed by atoms with Gasteiger partial charge in [-0.3, -0.25) is 0 Å². The molecule has 6 nitrogen and oxygen atoms in total. The Morgan fingerprint density at radius 3 is 2.58 bits per heavy atom. The first-order valence-electron chi connectivity index (χ1n) is 8.85. The number of aromatic nitrogens is 4. The molecule has 1 fully saturated rings. The Kier molecular flexibility index (Phi) is 4.23. The van der Waals surface area contributed by atoms with Gasteiger partial charge in [0.2, 0.25) is 0 Å². The van der Waals surface area contributed by atoms with Crippen LogP contribution in [0.4, 0.5) is 5.82 Å². The number of halogens is 1. The summed E-state index contributed by atoms with van der Waals surface area (Å²) in [6, 6.07) is 5.79. The third-order valence-corrected chi connectivity index (χ3v) is 4.70. The molecule has 0 atom stereocenters. The Morgan fingerprint density at radius 2 is 1.88 bits per heavy atom. The van der Waals surface area contributed by atoms with Crippen LogP contribution in [0.25, 0.3) is 16.7 Å². The molecule has 0 saturated carbocycles. The van der Waals surface area contributed by atoms with Crippen LogP contribution in [0.1, 0.15) is 26.6 Å². The number of hydrogen-bond acceptors (Lipinski definition) is 5. The first-order chi connectivity index (χ1) is 12.4. The number of benzene rings is 1. The van der Waals surface area contributed by atoms with Crippen LogP contribution in [0.15, 0.2) is 24.4 Å². The summed E-state index contributed by atoms with van der Waals surface area (Å²) in [6.45, 7) is 10.2. The lowest BCUT2D eigenvalue weighted by atomic mass is 10.0. The van der Waals surface area contributed by atoms with Crippen LogP contribution in [0.3, 0.4) is 0 Å². The largest absolute Gasteiger partial charge is 0.489 e. The van der Waals surface area contributed by atoms with Crippen molar-refractivity contribution in [1.82, 2.24) is 19.7 Å². The Hall–Kier alpha value is -2.34. The van der Waals surface area contributed by atoms with Gasteiger partial charge in [-0.2, -0.15) is 5.10 Å². The standard InChI is InChI=1S/C19H22ClN5O/c1-11(2)26-17-6-16-14(5-15(17)20)8-21-25(16)19-7-18(22-13(4)23-19)24-9-12(3)10-24/h5-8,11-12H,9-10H2,1-4H3. The lowest BCUT2D eigenvalue weighted by Crippen LogP contribution is -2.45. The molecule has 1 aliphatic heterocycles. The van der Waals surface area contributed by atoms with Gasteiger partial charge in [-0.05, 0) is 32.8 Å². The third-order valence-electron chi connectivity index (χ3n) is 4.40. The van der Waals surface area contributed by atoms with Crippen LogP contribution in [-0.4, -0.2) is 38.9 Å². The molecule has 0 spiro atoms. The highest BCUT2D eigenvalue weighted by Crippen LogP contribution is 2.32. The Morgan fingerprint density at radius 1 is 1.15 bits per heavy atom. The molecule has 0 unspecified atom stereocenters. The molecule has 2 aromatic heterocycles. The summed E-state index contributed by atoms with van der Waals surface area (Å²) in [4.78, 5) is 11.4. The molecular formula is C19H22ClN5O. The first-order valence-corrected chi connectivity index (χ1v) is 9.23. The van der Waals surface area contributed by atoms with Gasteiger partial charge in [-0.25, -0.2) is 14.6 Å². The highest BCUT2D eigenvalue weighted by molar-refractivity contribution is 6.32. The summed E-state index contributed by atoms with van der Waals surface area (Å²) < 4.78 is 7.64. The van der Waals surface area contributed by atoms with Crippen molar-refractivity contribution in [2.24, 2.45) is 5.92 Å². The van der Waals surface area contributed by atoms with E-state index in [-0.39, 0.29) is 6.10 Å². The normalized spacial score (nSPS) is 14.9. The van der Waals surface area contributed by atoms with Gasteiger partial charge in [-0.1, -0.05) is 18.5 Å². The average molecular weight is 372 g/mol. The van der Waals surface area contributed by atoms with Gasteiger partial charge in [0.25, 0.3) is 0 Å². The molecular weight excluding hydrogens is 350 g/mol. The van der Waals surface area contributed by atoms with E-state index in [2.05, 4.69) is 26.9 Å². The molecule has 3 aromatic rings. The van der Waals surface area contributed by atoms with Gasteiger partial charge in [0.1, 0.15) is 17.4 Å². The summed E-state index contributed by atoms with van der Waals surface area (Å²) in [6.07, 6.45) is 1.84. The number of nitrogens with zero attached hydrogens (tertiary/aromatic N) is 5. The van der Waals surface area contributed by atoms with Crippen LogP contribution < -0.4 is 9.64 Å². The smallest absolute Gasteiger partial charge is 0.159 e. The lowest BCUT2D eigenvalue weighted by molar-refractivity contribution is 0.243. The van der Waals surface area contributed by atoms with Crippen molar-refractivity contribution in [3.8, 4) is 11.6 Å². The predicted octanol–water partition coefficient (Wildman–Crippen LogP) is 4.02. The monoisotopic (exact) mass is 371 g/mol. The Balaban J connectivity index is 1.79. The molecule has 0 amide bonds.